The van der Waals surface area contributed by atoms with Gasteiger partial charge in [0.1, 0.15) is 0 Å². The minimum absolute atomic E-state index is 0.693. The molecule has 2 heterocycles. The Labute approximate surface area is 291 Å². The summed E-state index contributed by atoms with van der Waals surface area (Å²) in [6.07, 6.45) is 0. The molecule has 0 saturated heterocycles. The quantitative estimate of drug-likeness (QED) is 0.170. The number of hydrogen-bond donors (Lipinski definition) is 0. The zero-order valence-corrected chi connectivity index (χ0v) is 27.2. The highest BCUT2D eigenvalue weighted by Gasteiger charge is 2.22. The Morgan fingerprint density at radius 3 is 1.32 bits per heavy atom. The maximum absolute atomic E-state index is 5.33. The first-order valence-corrected chi connectivity index (χ1v) is 16.9. The summed E-state index contributed by atoms with van der Waals surface area (Å²) in [6.45, 7) is 0. The Bertz CT molecular complexity index is 2540. The molecule has 0 fully saturated rings. The Morgan fingerprint density at radius 2 is 0.780 bits per heavy atom. The van der Waals surface area contributed by atoms with Crippen molar-refractivity contribution in [3.05, 3.63) is 188 Å². The highest BCUT2D eigenvalue weighted by atomic mass is 14.9. The van der Waals surface area contributed by atoms with Crippen LogP contribution in [0.2, 0.25) is 0 Å². The summed E-state index contributed by atoms with van der Waals surface area (Å²) in [5.74, 6) is 0.693. The first kappa shape index (κ1) is 29.4. The molecular formula is C47H31N3. The number of rotatable bonds is 6. The minimum atomic E-state index is 0.693. The molecular weight excluding hydrogens is 607 g/mol. The van der Waals surface area contributed by atoms with Crippen LogP contribution in [-0.4, -0.2) is 15.0 Å². The van der Waals surface area contributed by atoms with Crippen molar-refractivity contribution in [2.24, 2.45) is 0 Å². The van der Waals surface area contributed by atoms with Gasteiger partial charge in [0, 0.05) is 44.0 Å². The average molecular weight is 638 g/mol. The van der Waals surface area contributed by atoms with E-state index in [1.807, 2.05) is 36.4 Å². The zero-order valence-electron chi connectivity index (χ0n) is 27.2. The molecule has 9 aromatic rings. The van der Waals surface area contributed by atoms with E-state index in [0.717, 1.165) is 66.8 Å². The van der Waals surface area contributed by atoms with E-state index in [1.54, 1.807) is 0 Å². The predicted octanol–water partition coefficient (Wildman–Crippen LogP) is 12.2. The molecule has 0 amide bonds. The van der Waals surface area contributed by atoms with Gasteiger partial charge in [0.15, 0.2) is 5.82 Å². The monoisotopic (exact) mass is 637 g/mol. The third-order valence-corrected chi connectivity index (χ3v) is 9.27. The summed E-state index contributed by atoms with van der Waals surface area (Å²) >= 11 is 0. The van der Waals surface area contributed by atoms with Crippen LogP contribution >= 0.6 is 0 Å². The van der Waals surface area contributed by atoms with Gasteiger partial charge in [-0.3, -0.25) is 0 Å². The molecule has 2 aromatic heterocycles. The topological polar surface area (TPSA) is 38.7 Å². The summed E-state index contributed by atoms with van der Waals surface area (Å²) in [5.41, 5.74) is 12.2. The van der Waals surface area contributed by atoms with Crippen molar-refractivity contribution in [1.82, 2.24) is 15.0 Å². The van der Waals surface area contributed by atoms with Crippen molar-refractivity contribution < 1.29 is 0 Å². The molecule has 0 saturated carbocycles. The van der Waals surface area contributed by atoms with E-state index in [0.29, 0.717) is 5.82 Å². The lowest BCUT2D eigenvalue weighted by Gasteiger charge is -2.18. The summed E-state index contributed by atoms with van der Waals surface area (Å²) in [6, 6.07) is 65.5. The third-order valence-electron chi connectivity index (χ3n) is 9.27. The van der Waals surface area contributed by atoms with Gasteiger partial charge >= 0.3 is 0 Å². The molecule has 7 aromatic carbocycles. The fourth-order valence-electron chi connectivity index (χ4n) is 6.94. The van der Waals surface area contributed by atoms with Crippen molar-refractivity contribution in [1.29, 1.82) is 0 Å². The van der Waals surface area contributed by atoms with Crippen molar-refractivity contribution in [3.63, 3.8) is 0 Å². The fourth-order valence-corrected chi connectivity index (χ4v) is 6.94. The van der Waals surface area contributed by atoms with Gasteiger partial charge in [-0.25, -0.2) is 15.0 Å². The first-order chi connectivity index (χ1) is 24.8. The lowest BCUT2D eigenvalue weighted by Crippen LogP contribution is -2.01. The Hall–Kier alpha value is -6.71. The molecule has 0 aliphatic heterocycles. The standard InChI is InChI=1S/C47H31N3/c1-6-17-32(18-7-1)38-27-16-28-39-43(38)40-31-37(29-30-41(40)48-44(39)33-19-8-2-9-20-33)42-45(34-21-10-3-11-22-34)49-47(36-25-14-5-15-26-36)50-46(42)35-23-12-4-13-24-35/h1-31H. The van der Waals surface area contributed by atoms with Crippen molar-refractivity contribution >= 4 is 21.7 Å². The van der Waals surface area contributed by atoms with Crippen LogP contribution in [0.15, 0.2) is 188 Å². The SMILES string of the molecule is c1ccc(-c2nc(-c3ccccc3)c(-c3ccc4nc(-c5ccccc5)c5cccc(-c6ccccc6)c5c4c3)c(-c3ccccc3)n2)cc1. The van der Waals surface area contributed by atoms with Gasteiger partial charge < -0.3 is 0 Å². The number of nitrogens with zero attached hydrogens (tertiary/aromatic N) is 3. The number of fused-ring (bicyclic) bond motifs is 3. The molecule has 3 nitrogen and oxygen atoms in total. The van der Waals surface area contributed by atoms with Crippen LogP contribution < -0.4 is 0 Å². The van der Waals surface area contributed by atoms with E-state index in [-0.39, 0.29) is 0 Å². The van der Waals surface area contributed by atoms with Gasteiger partial charge in [-0.1, -0.05) is 176 Å². The van der Waals surface area contributed by atoms with Gasteiger partial charge in [0.05, 0.1) is 22.6 Å². The van der Waals surface area contributed by atoms with Gasteiger partial charge in [0.2, 0.25) is 0 Å². The smallest absolute Gasteiger partial charge is 0.160 e. The van der Waals surface area contributed by atoms with E-state index in [1.165, 1.54) is 16.5 Å². The second-order valence-electron chi connectivity index (χ2n) is 12.4. The van der Waals surface area contributed by atoms with Gasteiger partial charge in [-0.15, -0.1) is 0 Å². The van der Waals surface area contributed by atoms with E-state index in [4.69, 9.17) is 15.0 Å². The molecule has 0 unspecified atom stereocenters. The van der Waals surface area contributed by atoms with Crippen LogP contribution in [0.25, 0.3) is 89.1 Å². The largest absolute Gasteiger partial charge is 0.247 e. The third kappa shape index (κ3) is 5.32. The molecule has 0 spiro atoms. The molecule has 234 valence electrons. The van der Waals surface area contributed by atoms with Gasteiger partial charge in [-0.2, -0.15) is 0 Å². The second-order valence-corrected chi connectivity index (χ2v) is 12.4. The molecule has 50 heavy (non-hydrogen) atoms. The number of pyridine rings is 1. The highest BCUT2D eigenvalue weighted by Crippen LogP contribution is 2.43. The van der Waals surface area contributed by atoms with Crippen LogP contribution in [0.3, 0.4) is 0 Å². The maximum atomic E-state index is 5.33. The Kier molecular flexibility index (Phi) is 7.49. The number of hydrogen-bond acceptors (Lipinski definition) is 3. The van der Waals surface area contributed by atoms with Crippen LogP contribution in [0.5, 0.6) is 0 Å². The van der Waals surface area contributed by atoms with Gasteiger partial charge in [-0.05, 0) is 28.8 Å². The summed E-state index contributed by atoms with van der Waals surface area (Å²) in [5, 5.41) is 3.37. The normalized spacial score (nSPS) is 11.2. The minimum Gasteiger partial charge on any atom is -0.247 e. The number of aromatic nitrogens is 3. The summed E-state index contributed by atoms with van der Waals surface area (Å²) < 4.78 is 0. The van der Waals surface area contributed by atoms with E-state index < -0.39 is 0 Å². The van der Waals surface area contributed by atoms with Crippen LogP contribution in [0, 0.1) is 0 Å². The molecule has 0 atom stereocenters. The molecule has 0 radical (unpaired) electrons. The van der Waals surface area contributed by atoms with E-state index >= 15 is 0 Å². The van der Waals surface area contributed by atoms with Crippen molar-refractivity contribution in [3.8, 4) is 67.4 Å². The molecule has 9 rings (SSSR count). The molecule has 0 N–H and O–H groups in total. The highest BCUT2D eigenvalue weighted by molar-refractivity contribution is 6.18. The molecule has 0 aliphatic rings. The Morgan fingerprint density at radius 1 is 0.300 bits per heavy atom. The molecule has 3 heteroatoms. The molecule has 0 bridgehead atoms. The lowest BCUT2D eigenvalue weighted by atomic mass is 9.90. The maximum Gasteiger partial charge on any atom is 0.160 e. The Balaban J connectivity index is 1.39. The number of benzene rings is 7. The second kappa shape index (κ2) is 12.7. The van der Waals surface area contributed by atoms with E-state index in [2.05, 4.69) is 152 Å². The lowest BCUT2D eigenvalue weighted by molar-refractivity contribution is 1.18. The summed E-state index contributed by atoms with van der Waals surface area (Å²) in [4.78, 5) is 15.9. The molecule has 0 aliphatic carbocycles. The zero-order chi connectivity index (χ0) is 33.3. The van der Waals surface area contributed by atoms with E-state index in [9.17, 15) is 0 Å². The van der Waals surface area contributed by atoms with Gasteiger partial charge in [0.25, 0.3) is 0 Å². The first-order valence-electron chi connectivity index (χ1n) is 16.9. The fraction of sp³-hybridized carbons (Fsp3) is 0. The average Bonchev–Trinajstić information content (AvgIpc) is 3.21. The van der Waals surface area contributed by atoms with Crippen LogP contribution in [-0.2, 0) is 0 Å². The predicted molar refractivity (Wildman–Crippen MR) is 207 cm³/mol. The van der Waals surface area contributed by atoms with Crippen LogP contribution in [0.4, 0.5) is 0 Å². The van der Waals surface area contributed by atoms with Crippen molar-refractivity contribution in [2.45, 2.75) is 0 Å². The van der Waals surface area contributed by atoms with Crippen molar-refractivity contribution in [2.75, 3.05) is 0 Å². The summed E-state index contributed by atoms with van der Waals surface area (Å²) in [7, 11) is 0. The van der Waals surface area contributed by atoms with Crippen LogP contribution in [0.1, 0.15) is 0 Å².